The molecule has 4 aromatic heterocycles. The van der Waals surface area contributed by atoms with Gasteiger partial charge in [0.2, 0.25) is 0 Å². The van der Waals surface area contributed by atoms with Gasteiger partial charge >= 0.3 is 5.76 Å². The average Bonchev–Trinajstić information content (AvgIpc) is 3.93. The first-order valence-corrected chi connectivity index (χ1v) is 17.7. The Labute approximate surface area is 288 Å². The summed E-state index contributed by atoms with van der Waals surface area (Å²) < 4.78 is 20.3. The van der Waals surface area contributed by atoms with Crippen molar-refractivity contribution in [1.82, 2.24) is 25.1 Å². The second kappa shape index (κ2) is 10.6. The molecule has 11 rings (SSSR count). The van der Waals surface area contributed by atoms with Crippen molar-refractivity contribution in [3.05, 3.63) is 116 Å². The topological polar surface area (TPSA) is 117 Å². The van der Waals surface area contributed by atoms with Gasteiger partial charge in [0.15, 0.2) is 0 Å². The standard InChI is InChI=1S/C37H28ClFN6O3S/c38-22-6-4-20-5-10-25(24(20)14-22)42-33-31-21(11-12-40-33)13-27(49-31)29-28(34-43-44-36(47)48-34)26(9-3-18-1-7-23(39)8-2-18)41-32-30(29)35(46)45-17-19-15-37(32,45)16-19/h1-2,4,6-8,11-14,19,25H,3,5,9-10,15-17H2,(H,40,42)(H,44,47)/t19?,25-,37?/m0/s1. The Hall–Kier alpha value is -4.87. The number of rotatable bonds is 7. The number of amides is 1. The number of halogens is 2. The fourth-order valence-electron chi connectivity index (χ4n) is 8.58. The number of aryl methyl sites for hydroxylation is 3. The molecule has 2 bridgehead atoms. The van der Waals surface area contributed by atoms with Gasteiger partial charge in [0.25, 0.3) is 11.8 Å². The molecule has 12 heteroatoms. The first-order chi connectivity index (χ1) is 23.8. The number of benzene rings is 2. The van der Waals surface area contributed by atoms with Gasteiger partial charge in [-0.1, -0.05) is 29.8 Å². The Morgan fingerprint density at radius 1 is 1.06 bits per heavy atom. The summed E-state index contributed by atoms with van der Waals surface area (Å²) in [4.78, 5) is 39.6. The van der Waals surface area contributed by atoms with Crippen molar-refractivity contribution in [2.75, 3.05) is 11.9 Å². The number of thiophene rings is 1. The molecular formula is C37H28ClFN6O3S. The van der Waals surface area contributed by atoms with Crippen LogP contribution in [-0.2, 0) is 24.8 Å². The number of nitrogens with one attached hydrogen (secondary N) is 2. The maximum absolute atomic E-state index is 14.4. The number of anilines is 1. The number of aromatic amines is 1. The van der Waals surface area contributed by atoms with Gasteiger partial charge < -0.3 is 14.6 Å². The van der Waals surface area contributed by atoms with Crippen molar-refractivity contribution < 1.29 is 13.6 Å². The Morgan fingerprint density at radius 3 is 2.73 bits per heavy atom. The van der Waals surface area contributed by atoms with Crippen molar-refractivity contribution in [3.8, 4) is 21.9 Å². The van der Waals surface area contributed by atoms with Gasteiger partial charge in [-0.05, 0) is 103 Å². The molecule has 9 nitrogen and oxygen atoms in total. The Morgan fingerprint density at radius 2 is 1.92 bits per heavy atom. The second-order valence-electron chi connectivity index (χ2n) is 13.6. The van der Waals surface area contributed by atoms with Crippen LogP contribution in [-0.4, -0.2) is 37.5 Å². The van der Waals surface area contributed by atoms with Crippen LogP contribution < -0.4 is 11.1 Å². The lowest BCUT2D eigenvalue weighted by Gasteiger charge is -2.37. The fourth-order valence-corrected chi connectivity index (χ4v) is 9.92. The van der Waals surface area contributed by atoms with Gasteiger partial charge in [0.05, 0.1) is 38.8 Å². The zero-order chi connectivity index (χ0) is 33.0. The quantitative estimate of drug-likeness (QED) is 0.179. The molecule has 5 aliphatic rings. The predicted octanol–water partition coefficient (Wildman–Crippen LogP) is 7.45. The third kappa shape index (κ3) is 4.38. The van der Waals surface area contributed by atoms with E-state index in [-0.39, 0.29) is 23.7 Å². The zero-order valence-electron chi connectivity index (χ0n) is 26.1. The number of carbonyl (C=O) groups excluding carboxylic acids is 1. The number of pyridine rings is 2. The smallest absolute Gasteiger partial charge is 0.388 e. The van der Waals surface area contributed by atoms with Gasteiger partial charge in [0, 0.05) is 28.2 Å². The molecular weight excluding hydrogens is 663 g/mol. The summed E-state index contributed by atoms with van der Waals surface area (Å²) in [7, 11) is 0. The maximum atomic E-state index is 14.4. The normalized spacial score (nSPS) is 21.6. The lowest BCUT2D eigenvalue weighted by molar-refractivity contribution is 0.0637. The van der Waals surface area contributed by atoms with Crippen molar-refractivity contribution in [3.63, 3.8) is 0 Å². The summed E-state index contributed by atoms with van der Waals surface area (Å²) in [6, 6.07) is 16.6. The molecule has 2 N–H and O–H groups in total. The van der Waals surface area contributed by atoms with Crippen LogP contribution >= 0.6 is 22.9 Å². The highest BCUT2D eigenvalue weighted by Gasteiger charge is 2.65. The minimum Gasteiger partial charge on any atom is -0.388 e. The van der Waals surface area contributed by atoms with Crippen molar-refractivity contribution >= 4 is 44.7 Å². The first-order valence-electron chi connectivity index (χ1n) is 16.5. The van der Waals surface area contributed by atoms with E-state index in [1.54, 1.807) is 29.7 Å². The highest BCUT2D eigenvalue weighted by Crippen LogP contribution is 2.63. The van der Waals surface area contributed by atoms with E-state index in [1.807, 2.05) is 23.1 Å². The van der Waals surface area contributed by atoms with Crippen molar-refractivity contribution in [2.24, 2.45) is 5.92 Å². The number of aromatic nitrogens is 4. The second-order valence-corrected chi connectivity index (χ2v) is 15.1. The molecule has 2 aliphatic carbocycles. The third-order valence-corrected chi connectivity index (χ3v) is 12.2. The van der Waals surface area contributed by atoms with E-state index in [1.165, 1.54) is 23.3 Å². The van der Waals surface area contributed by atoms with E-state index in [0.29, 0.717) is 52.7 Å². The van der Waals surface area contributed by atoms with Crippen LogP contribution in [0.15, 0.2) is 70.0 Å². The van der Waals surface area contributed by atoms with Crippen molar-refractivity contribution in [1.29, 1.82) is 0 Å². The zero-order valence-corrected chi connectivity index (χ0v) is 27.6. The number of hydrogen-bond donors (Lipinski definition) is 2. The summed E-state index contributed by atoms with van der Waals surface area (Å²) in [6.07, 6.45) is 6.50. The monoisotopic (exact) mass is 690 g/mol. The average molecular weight is 691 g/mol. The lowest BCUT2D eigenvalue weighted by Crippen LogP contribution is -2.40. The van der Waals surface area contributed by atoms with Gasteiger partial charge in [-0.15, -0.1) is 16.4 Å². The van der Waals surface area contributed by atoms with Gasteiger partial charge in [-0.2, -0.15) is 0 Å². The summed E-state index contributed by atoms with van der Waals surface area (Å²) in [5.41, 5.74) is 6.22. The highest BCUT2D eigenvalue weighted by atomic mass is 35.5. The van der Waals surface area contributed by atoms with Crippen LogP contribution in [0.1, 0.15) is 63.7 Å². The van der Waals surface area contributed by atoms with E-state index in [4.69, 9.17) is 26.0 Å². The predicted molar refractivity (Wildman–Crippen MR) is 184 cm³/mol. The molecule has 0 radical (unpaired) electrons. The van der Waals surface area contributed by atoms with Gasteiger partial charge in [-0.25, -0.2) is 19.3 Å². The molecule has 3 aliphatic heterocycles. The SMILES string of the molecule is O=C1c2c(nc(CCc3ccc(F)cc3)c(-c3n[nH]c(=O)o3)c2-c2cc3ccnc(N[C@H]4CCc5ccc(Cl)cc54)c3s2)C23CC(CN12)C3. The maximum Gasteiger partial charge on any atom is 0.434 e. The number of hydrogen-bond acceptors (Lipinski definition) is 8. The molecule has 1 spiro atoms. The third-order valence-electron chi connectivity index (χ3n) is 10.8. The van der Waals surface area contributed by atoms with E-state index in [2.05, 4.69) is 27.6 Å². The Kier molecular flexibility index (Phi) is 6.27. The minimum atomic E-state index is -0.692. The molecule has 7 heterocycles. The number of H-pyrrole nitrogens is 1. The number of nitrogens with zero attached hydrogens (tertiary/aromatic N) is 4. The van der Waals surface area contributed by atoms with Crippen LogP contribution in [0.25, 0.3) is 32.0 Å². The van der Waals surface area contributed by atoms with E-state index in [0.717, 1.165) is 57.7 Å². The molecule has 1 amide bonds. The molecule has 0 unspecified atom stereocenters. The summed E-state index contributed by atoms with van der Waals surface area (Å²) in [5.74, 6) is 0.287. The van der Waals surface area contributed by atoms with E-state index < -0.39 is 11.3 Å². The molecule has 1 saturated carbocycles. The molecule has 6 aromatic rings. The van der Waals surface area contributed by atoms with Crippen LogP contribution in [0, 0.1) is 11.7 Å². The highest BCUT2D eigenvalue weighted by molar-refractivity contribution is 7.23. The van der Waals surface area contributed by atoms with Crippen LogP contribution in [0.5, 0.6) is 0 Å². The molecule has 2 saturated heterocycles. The van der Waals surface area contributed by atoms with Crippen LogP contribution in [0.4, 0.5) is 10.2 Å². The molecule has 1 atom stereocenters. The van der Waals surface area contributed by atoms with E-state index >= 15 is 0 Å². The van der Waals surface area contributed by atoms with Gasteiger partial charge in [-0.3, -0.25) is 9.78 Å². The Balaban J connectivity index is 1.16. The van der Waals surface area contributed by atoms with Crippen LogP contribution in [0.2, 0.25) is 5.02 Å². The lowest BCUT2D eigenvalue weighted by atomic mass is 9.71. The molecule has 49 heavy (non-hydrogen) atoms. The first kappa shape index (κ1) is 29.1. The minimum absolute atomic E-state index is 0.0462. The number of fused-ring (bicyclic) bond motifs is 3. The fraction of sp³-hybridized carbons (Fsp3) is 0.270. The molecule has 3 fully saturated rings. The number of carbonyl (C=O) groups is 1. The van der Waals surface area contributed by atoms with Gasteiger partial charge in [0.1, 0.15) is 11.6 Å². The molecule has 2 aromatic carbocycles. The Bertz CT molecular complexity index is 2410. The van der Waals surface area contributed by atoms with Crippen LogP contribution in [0.3, 0.4) is 0 Å². The summed E-state index contributed by atoms with van der Waals surface area (Å²) in [5, 5.41) is 12.1. The van der Waals surface area contributed by atoms with Crippen molar-refractivity contribution in [2.45, 2.75) is 50.1 Å². The van der Waals surface area contributed by atoms with E-state index in [9.17, 15) is 14.0 Å². The summed E-state index contributed by atoms with van der Waals surface area (Å²) >= 11 is 7.92. The largest absolute Gasteiger partial charge is 0.434 e. The summed E-state index contributed by atoms with van der Waals surface area (Å²) in [6.45, 7) is 0.712. The molecule has 244 valence electrons.